The van der Waals surface area contributed by atoms with Crippen LogP contribution in [0, 0.1) is 5.41 Å². The van der Waals surface area contributed by atoms with Crippen LogP contribution in [0.4, 0.5) is 0 Å². The molecule has 1 fully saturated rings. The van der Waals surface area contributed by atoms with Gasteiger partial charge in [-0.1, -0.05) is 6.92 Å². The lowest BCUT2D eigenvalue weighted by Gasteiger charge is -2.37. The van der Waals surface area contributed by atoms with Crippen LogP contribution in [-0.2, 0) is 0 Å². The maximum atomic E-state index is 9.41. The van der Waals surface area contributed by atoms with Gasteiger partial charge in [-0.3, -0.25) is 0 Å². The van der Waals surface area contributed by atoms with E-state index in [-0.39, 0.29) is 6.10 Å². The van der Waals surface area contributed by atoms with Gasteiger partial charge in [-0.2, -0.15) is 11.8 Å². The van der Waals surface area contributed by atoms with Gasteiger partial charge in [0.15, 0.2) is 0 Å². The molecular formula is C10H21NOS. The Kier molecular flexibility index (Phi) is 4.56. The fourth-order valence-electron chi connectivity index (χ4n) is 1.94. The standard InChI is InChI=1S/C10H21NOS/c1-2-13-8-10(7-11)5-3-9(12)4-6-10/h9,12H,2-8,11H2,1H3. The van der Waals surface area contributed by atoms with Crippen LogP contribution in [0.2, 0.25) is 0 Å². The Morgan fingerprint density at radius 1 is 1.46 bits per heavy atom. The third kappa shape index (κ3) is 3.15. The molecule has 0 spiro atoms. The van der Waals surface area contributed by atoms with Crippen molar-refractivity contribution in [1.29, 1.82) is 0 Å². The number of aliphatic hydroxyl groups excluding tert-OH is 1. The highest BCUT2D eigenvalue weighted by atomic mass is 32.2. The summed E-state index contributed by atoms with van der Waals surface area (Å²) in [6.07, 6.45) is 4.05. The molecule has 0 saturated heterocycles. The average molecular weight is 203 g/mol. The zero-order valence-electron chi connectivity index (χ0n) is 8.46. The zero-order valence-corrected chi connectivity index (χ0v) is 9.28. The first-order valence-electron chi connectivity index (χ1n) is 5.18. The number of aliphatic hydroxyl groups is 1. The Bertz CT molecular complexity index is 138. The van der Waals surface area contributed by atoms with Crippen LogP contribution in [0.25, 0.3) is 0 Å². The second kappa shape index (κ2) is 5.23. The Hall–Kier alpha value is 0.270. The van der Waals surface area contributed by atoms with Crippen molar-refractivity contribution in [3.63, 3.8) is 0 Å². The van der Waals surface area contributed by atoms with Gasteiger partial charge in [0.25, 0.3) is 0 Å². The highest BCUT2D eigenvalue weighted by molar-refractivity contribution is 7.99. The molecule has 0 heterocycles. The summed E-state index contributed by atoms with van der Waals surface area (Å²) >= 11 is 1.98. The normalized spacial score (nSPS) is 34.8. The minimum atomic E-state index is -0.0636. The second-order valence-corrected chi connectivity index (χ2v) is 5.35. The molecule has 2 nitrogen and oxygen atoms in total. The predicted octanol–water partition coefficient (Wildman–Crippen LogP) is 1.62. The summed E-state index contributed by atoms with van der Waals surface area (Å²) in [5.41, 5.74) is 6.16. The van der Waals surface area contributed by atoms with Crippen LogP contribution in [0.5, 0.6) is 0 Å². The van der Waals surface area contributed by atoms with Crippen LogP contribution < -0.4 is 5.73 Å². The van der Waals surface area contributed by atoms with E-state index in [1.807, 2.05) is 11.8 Å². The number of rotatable bonds is 4. The second-order valence-electron chi connectivity index (χ2n) is 4.07. The first-order chi connectivity index (χ1) is 6.22. The molecule has 1 rings (SSSR count). The molecule has 1 aliphatic carbocycles. The summed E-state index contributed by atoms with van der Waals surface area (Å²) in [6.45, 7) is 2.97. The molecular weight excluding hydrogens is 182 g/mol. The highest BCUT2D eigenvalue weighted by Gasteiger charge is 2.33. The topological polar surface area (TPSA) is 46.2 Å². The summed E-state index contributed by atoms with van der Waals surface area (Å²) in [5, 5.41) is 9.41. The van der Waals surface area contributed by atoms with Crippen molar-refractivity contribution in [3.05, 3.63) is 0 Å². The first-order valence-corrected chi connectivity index (χ1v) is 6.34. The maximum Gasteiger partial charge on any atom is 0.0540 e. The number of thioether (sulfide) groups is 1. The summed E-state index contributed by atoms with van der Waals surface area (Å²) < 4.78 is 0. The smallest absolute Gasteiger partial charge is 0.0540 e. The molecule has 0 atom stereocenters. The van der Waals surface area contributed by atoms with Crippen molar-refractivity contribution >= 4 is 11.8 Å². The molecule has 1 aliphatic rings. The Labute approximate surface area is 85.3 Å². The molecule has 13 heavy (non-hydrogen) atoms. The van der Waals surface area contributed by atoms with Gasteiger partial charge < -0.3 is 10.8 Å². The third-order valence-corrected chi connectivity index (χ3v) is 4.29. The molecule has 0 aromatic rings. The molecule has 0 aromatic heterocycles. The molecule has 0 radical (unpaired) electrons. The monoisotopic (exact) mass is 203 g/mol. The van der Waals surface area contributed by atoms with Crippen molar-refractivity contribution in [2.24, 2.45) is 11.1 Å². The molecule has 0 bridgehead atoms. The van der Waals surface area contributed by atoms with Gasteiger partial charge in [0.05, 0.1) is 6.10 Å². The van der Waals surface area contributed by atoms with E-state index in [0.29, 0.717) is 5.41 Å². The van der Waals surface area contributed by atoms with Gasteiger partial charge in [0, 0.05) is 5.75 Å². The van der Waals surface area contributed by atoms with E-state index in [0.717, 1.165) is 32.2 Å². The van der Waals surface area contributed by atoms with E-state index in [9.17, 15) is 5.11 Å². The lowest BCUT2D eigenvalue weighted by atomic mass is 9.74. The molecule has 3 heteroatoms. The van der Waals surface area contributed by atoms with Gasteiger partial charge in [-0.25, -0.2) is 0 Å². The first kappa shape index (κ1) is 11.3. The quantitative estimate of drug-likeness (QED) is 0.730. The van der Waals surface area contributed by atoms with E-state index >= 15 is 0 Å². The average Bonchev–Trinajstić information content (AvgIpc) is 2.18. The fraction of sp³-hybridized carbons (Fsp3) is 1.00. The summed E-state index contributed by atoms with van der Waals surface area (Å²) in [6, 6.07) is 0. The summed E-state index contributed by atoms with van der Waals surface area (Å²) in [7, 11) is 0. The number of hydrogen-bond donors (Lipinski definition) is 2. The van der Waals surface area contributed by atoms with Crippen LogP contribution in [0.1, 0.15) is 32.6 Å². The van der Waals surface area contributed by atoms with E-state index in [4.69, 9.17) is 5.73 Å². The predicted molar refractivity (Wildman–Crippen MR) is 59.0 cm³/mol. The largest absolute Gasteiger partial charge is 0.393 e. The van der Waals surface area contributed by atoms with E-state index in [1.54, 1.807) is 0 Å². The Balaban J connectivity index is 2.40. The Morgan fingerprint density at radius 3 is 2.54 bits per heavy atom. The van der Waals surface area contributed by atoms with Gasteiger partial charge >= 0.3 is 0 Å². The highest BCUT2D eigenvalue weighted by Crippen LogP contribution is 2.38. The third-order valence-electron chi connectivity index (χ3n) is 3.06. The van der Waals surface area contributed by atoms with E-state index in [1.165, 1.54) is 11.5 Å². The van der Waals surface area contributed by atoms with Gasteiger partial charge in [-0.05, 0) is 43.4 Å². The lowest BCUT2D eigenvalue weighted by Crippen LogP contribution is -2.38. The summed E-state index contributed by atoms with van der Waals surface area (Å²) in [5.74, 6) is 2.34. The lowest BCUT2D eigenvalue weighted by molar-refractivity contribution is 0.0776. The molecule has 0 amide bonds. The fourth-order valence-corrected chi connectivity index (χ4v) is 2.98. The molecule has 0 aromatic carbocycles. The molecule has 78 valence electrons. The van der Waals surface area contributed by atoms with Crippen molar-refractivity contribution in [2.75, 3.05) is 18.1 Å². The zero-order chi connectivity index (χ0) is 9.73. The SMILES string of the molecule is CCSCC1(CN)CCC(O)CC1. The Morgan fingerprint density at radius 2 is 2.08 bits per heavy atom. The number of nitrogens with two attached hydrogens (primary N) is 1. The van der Waals surface area contributed by atoms with Gasteiger partial charge in [0.1, 0.15) is 0 Å². The van der Waals surface area contributed by atoms with Crippen molar-refractivity contribution in [3.8, 4) is 0 Å². The molecule has 1 saturated carbocycles. The van der Waals surface area contributed by atoms with Crippen molar-refractivity contribution < 1.29 is 5.11 Å². The minimum Gasteiger partial charge on any atom is -0.393 e. The number of hydrogen-bond acceptors (Lipinski definition) is 3. The van der Waals surface area contributed by atoms with Gasteiger partial charge in [-0.15, -0.1) is 0 Å². The van der Waals surface area contributed by atoms with Gasteiger partial charge in [0.2, 0.25) is 0 Å². The van der Waals surface area contributed by atoms with Crippen LogP contribution in [0.3, 0.4) is 0 Å². The van der Waals surface area contributed by atoms with E-state index in [2.05, 4.69) is 6.92 Å². The van der Waals surface area contributed by atoms with Crippen molar-refractivity contribution in [1.82, 2.24) is 0 Å². The summed E-state index contributed by atoms with van der Waals surface area (Å²) in [4.78, 5) is 0. The van der Waals surface area contributed by atoms with Crippen LogP contribution in [-0.4, -0.2) is 29.3 Å². The van der Waals surface area contributed by atoms with Crippen molar-refractivity contribution in [2.45, 2.75) is 38.7 Å². The van der Waals surface area contributed by atoms with Crippen LogP contribution in [0.15, 0.2) is 0 Å². The molecule has 0 aliphatic heterocycles. The van der Waals surface area contributed by atoms with Crippen LogP contribution >= 0.6 is 11.8 Å². The maximum absolute atomic E-state index is 9.41. The van der Waals surface area contributed by atoms with E-state index < -0.39 is 0 Å². The molecule has 3 N–H and O–H groups in total. The molecule has 0 unspecified atom stereocenters. The minimum absolute atomic E-state index is 0.0636.